The lowest BCUT2D eigenvalue weighted by molar-refractivity contribution is -0.110. The fraction of sp³-hybridized carbons (Fsp3) is 0.593. The van der Waals surface area contributed by atoms with Gasteiger partial charge in [-0.3, -0.25) is 4.79 Å². The van der Waals surface area contributed by atoms with Crippen LogP contribution in [0.3, 0.4) is 0 Å². The van der Waals surface area contributed by atoms with E-state index >= 15 is 0 Å². The third-order valence-corrected chi connectivity index (χ3v) is 7.30. The van der Waals surface area contributed by atoms with Gasteiger partial charge in [0.15, 0.2) is 5.82 Å². The first-order chi connectivity index (χ1) is 17.5. The molecule has 0 bridgehead atoms. The van der Waals surface area contributed by atoms with Crippen molar-refractivity contribution in [2.24, 2.45) is 5.92 Å². The molecule has 3 N–H and O–H groups in total. The standard InChI is InChI=1S/C22H31FN4O2.C5H7NO/c23-18-12-17(25-16-8-10-29-11-9-16)13-19-21(18)27-22(26-19)20(24-14-28)15-6-4-2-1-3-5-7-15;1-4-3-7-6-5(4)2/h12-16,20,25H,1-11H2,(H,24,28)(H,26,27);3H,1-2H3. The number of ether oxygens (including phenoxy) is 1. The van der Waals surface area contributed by atoms with Crippen LogP contribution in [-0.4, -0.2) is 40.8 Å². The van der Waals surface area contributed by atoms with Gasteiger partial charge in [0.1, 0.15) is 17.6 Å². The SMILES string of the molecule is Cc1conc1C.O=CNC(c1nc2c(F)cc(NC3CCOCC3)cc2[nH]1)C1CCCCCCC1. The van der Waals surface area contributed by atoms with Gasteiger partial charge < -0.3 is 24.9 Å². The van der Waals surface area contributed by atoms with E-state index in [9.17, 15) is 9.18 Å². The molecule has 5 rings (SSSR count). The molecular formula is C27H38FN5O3. The Morgan fingerprint density at radius 1 is 1.08 bits per heavy atom. The van der Waals surface area contributed by atoms with Crippen molar-refractivity contribution in [2.75, 3.05) is 18.5 Å². The molecule has 8 nitrogen and oxygen atoms in total. The highest BCUT2D eigenvalue weighted by atomic mass is 19.1. The number of aromatic nitrogens is 3. The number of H-pyrrole nitrogens is 1. The first-order valence-corrected chi connectivity index (χ1v) is 13.2. The van der Waals surface area contributed by atoms with Crippen LogP contribution in [-0.2, 0) is 9.53 Å². The molecule has 2 fully saturated rings. The van der Waals surface area contributed by atoms with Crippen molar-refractivity contribution < 1.29 is 18.4 Å². The van der Waals surface area contributed by atoms with Crippen LogP contribution in [0.5, 0.6) is 0 Å². The Kier molecular flexibility index (Phi) is 9.33. The van der Waals surface area contributed by atoms with E-state index in [2.05, 4.69) is 30.3 Å². The molecule has 36 heavy (non-hydrogen) atoms. The van der Waals surface area contributed by atoms with Crippen LogP contribution in [0, 0.1) is 25.6 Å². The number of hydrogen-bond donors (Lipinski definition) is 3. The van der Waals surface area contributed by atoms with Gasteiger partial charge in [0.2, 0.25) is 6.41 Å². The van der Waals surface area contributed by atoms with Crippen LogP contribution in [0.15, 0.2) is 22.9 Å². The van der Waals surface area contributed by atoms with Crippen LogP contribution in [0.2, 0.25) is 0 Å². The molecule has 1 atom stereocenters. The number of rotatable bonds is 6. The Labute approximate surface area is 211 Å². The van der Waals surface area contributed by atoms with E-state index in [1.54, 1.807) is 6.26 Å². The highest BCUT2D eigenvalue weighted by Gasteiger charge is 2.27. The number of amides is 1. The number of carbonyl (C=O) groups excluding carboxylic acids is 1. The molecule has 1 aromatic carbocycles. The third-order valence-electron chi connectivity index (χ3n) is 7.30. The summed E-state index contributed by atoms with van der Waals surface area (Å²) in [6.07, 6.45) is 12.4. The number of nitrogens with zero attached hydrogens (tertiary/aromatic N) is 2. The van der Waals surface area contributed by atoms with Gasteiger partial charge in [-0.1, -0.05) is 37.3 Å². The summed E-state index contributed by atoms with van der Waals surface area (Å²) in [6.45, 7) is 5.35. The molecule has 1 aliphatic carbocycles. The Hall–Kier alpha value is -2.94. The molecule has 1 aliphatic heterocycles. The quantitative estimate of drug-likeness (QED) is 0.374. The van der Waals surface area contributed by atoms with Crippen LogP contribution in [0.4, 0.5) is 10.1 Å². The Morgan fingerprint density at radius 3 is 2.42 bits per heavy atom. The minimum absolute atomic E-state index is 0.204. The molecule has 1 saturated carbocycles. The summed E-state index contributed by atoms with van der Waals surface area (Å²) >= 11 is 0. The lowest BCUT2D eigenvalue weighted by Gasteiger charge is -2.26. The van der Waals surface area contributed by atoms with Crippen molar-refractivity contribution in [3.05, 3.63) is 41.3 Å². The summed E-state index contributed by atoms with van der Waals surface area (Å²) in [6, 6.07) is 3.52. The van der Waals surface area contributed by atoms with Crippen molar-refractivity contribution in [3.63, 3.8) is 0 Å². The van der Waals surface area contributed by atoms with Crippen molar-refractivity contribution >= 4 is 23.1 Å². The maximum absolute atomic E-state index is 14.8. The molecule has 1 saturated heterocycles. The zero-order valence-electron chi connectivity index (χ0n) is 21.3. The zero-order valence-corrected chi connectivity index (χ0v) is 21.3. The number of nitrogens with one attached hydrogen (secondary N) is 3. The normalized spacial score (nSPS) is 18.5. The average molecular weight is 500 g/mol. The van der Waals surface area contributed by atoms with Crippen molar-refractivity contribution in [2.45, 2.75) is 83.7 Å². The Balaban J connectivity index is 0.000000375. The molecule has 3 heterocycles. The van der Waals surface area contributed by atoms with Gasteiger partial charge in [-0.05, 0) is 57.6 Å². The van der Waals surface area contributed by atoms with E-state index in [0.29, 0.717) is 28.8 Å². The van der Waals surface area contributed by atoms with Gasteiger partial charge in [-0.25, -0.2) is 9.37 Å². The number of anilines is 1. The van der Waals surface area contributed by atoms with E-state index in [4.69, 9.17) is 4.74 Å². The van der Waals surface area contributed by atoms with Crippen molar-refractivity contribution in [1.29, 1.82) is 0 Å². The molecule has 1 unspecified atom stereocenters. The summed E-state index contributed by atoms with van der Waals surface area (Å²) in [7, 11) is 0. The lowest BCUT2D eigenvalue weighted by Crippen LogP contribution is -2.29. The van der Waals surface area contributed by atoms with E-state index < -0.39 is 0 Å². The minimum Gasteiger partial charge on any atom is -0.382 e. The highest BCUT2D eigenvalue weighted by molar-refractivity contribution is 5.80. The molecule has 0 spiro atoms. The number of aryl methyl sites for hydroxylation is 2. The number of aromatic amines is 1. The third kappa shape index (κ3) is 6.84. The predicted molar refractivity (Wildman–Crippen MR) is 137 cm³/mol. The highest BCUT2D eigenvalue weighted by Crippen LogP contribution is 2.33. The summed E-state index contributed by atoms with van der Waals surface area (Å²) in [4.78, 5) is 19.1. The largest absolute Gasteiger partial charge is 0.382 e. The summed E-state index contributed by atoms with van der Waals surface area (Å²) < 4.78 is 24.8. The second-order valence-electron chi connectivity index (χ2n) is 9.96. The fourth-order valence-corrected chi connectivity index (χ4v) is 5.08. The summed E-state index contributed by atoms with van der Waals surface area (Å²) in [5.41, 5.74) is 3.84. The van der Waals surface area contributed by atoms with Gasteiger partial charge in [0.05, 0.1) is 17.3 Å². The van der Waals surface area contributed by atoms with Crippen LogP contribution < -0.4 is 10.6 Å². The number of hydrogen-bond acceptors (Lipinski definition) is 6. The van der Waals surface area contributed by atoms with E-state index in [1.165, 1.54) is 25.3 Å². The number of imidazole rings is 1. The average Bonchev–Trinajstić information content (AvgIpc) is 3.45. The van der Waals surface area contributed by atoms with Crippen LogP contribution >= 0.6 is 0 Å². The van der Waals surface area contributed by atoms with E-state index in [0.717, 1.165) is 75.1 Å². The first-order valence-electron chi connectivity index (χ1n) is 13.2. The lowest BCUT2D eigenvalue weighted by atomic mass is 9.85. The predicted octanol–water partition coefficient (Wildman–Crippen LogP) is 5.73. The molecule has 0 radical (unpaired) electrons. The maximum Gasteiger partial charge on any atom is 0.207 e. The first kappa shape index (κ1) is 26.1. The Bertz CT molecular complexity index is 1080. The number of carbonyl (C=O) groups is 1. The molecule has 1 amide bonds. The number of benzene rings is 1. The van der Waals surface area contributed by atoms with Crippen LogP contribution in [0.1, 0.15) is 80.9 Å². The molecule has 3 aromatic rings. The topological polar surface area (TPSA) is 105 Å². The fourth-order valence-electron chi connectivity index (χ4n) is 5.08. The maximum atomic E-state index is 14.8. The van der Waals surface area contributed by atoms with Gasteiger partial charge in [-0.2, -0.15) is 0 Å². The second kappa shape index (κ2) is 12.9. The van der Waals surface area contributed by atoms with Crippen molar-refractivity contribution in [3.8, 4) is 0 Å². The minimum atomic E-state index is -0.345. The molecule has 9 heteroatoms. The van der Waals surface area contributed by atoms with Crippen LogP contribution in [0.25, 0.3) is 11.0 Å². The van der Waals surface area contributed by atoms with Gasteiger partial charge >= 0.3 is 0 Å². The van der Waals surface area contributed by atoms with Crippen molar-refractivity contribution in [1.82, 2.24) is 20.4 Å². The van der Waals surface area contributed by atoms with E-state index in [1.807, 2.05) is 19.9 Å². The van der Waals surface area contributed by atoms with E-state index in [-0.39, 0.29) is 11.9 Å². The summed E-state index contributed by atoms with van der Waals surface area (Å²) in [5, 5.41) is 10.0. The number of halogens is 1. The summed E-state index contributed by atoms with van der Waals surface area (Å²) in [5.74, 6) is 0.630. The molecular weight excluding hydrogens is 461 g/mol. The molecule has 2 aromatic heterocycles. The van der Waals surface area contributed by atoms with Gasteiger partial charge in [-0.15, -0.1) is 0 Å². The van der Waals surface area contributed by atoms with Gasteiger partial charge in [0, 0.05) is 30.5 Å². The number of fused-ring (bicyclic) bond motifs is 1. The smallest absolute Gasteiger partial charge is 0.207 e. The van der Waals surface area contributed by atoms with Gasteiger partial charge in [0.25, 0.3) is 0 Å². The second-order valence-corrected chi connectivity index (χ2v) is 9.96. The monoisotopic (exact) mass is 499 g/mol. The molecule has 196 valence electrons. The molecule has 2 aliphatic rings. The zero-order chi connectivity index (χ0) is 25.3. The Morgan fingerprint density at radius 2 is 1.81 bits per heavy atom.